The summed E-state index contributed by atoms with van der Waals surface area (Å²) in [6.07, 6.45) is 2.30. The zero-order valence-electron chi connectivity index (χ0n) is 11.1. The van der Waals surface area contributed by atoms with Gasteiger partial charge in [-0.15, -0.1) is 0 Å². The van der Waals surface area contributed by atoms with Crippen LogP contribution in [0.4, 0.5) is 0 Å². The molecule has 0 atom stereocenters. The van der Waals surface area contributed by atoms with Gasteiger partial charge in [0.15, 0.2) is 0 Å². The van der Waals surface area contributed by atoms with Crippen LogP contribution in [0.5, 0.6) is 0 Å². The van der Waals surface area contributed by atoms with Crippen LogP contribution in [0.25, 0.3) is 0 Å². The highest BCUT2D eigenvalue weighted by atomic mass is 16.2. The average Bonchev–Trinajstić information content (AvgIpc) is 2.25. The van der Waals surface area contributed by atoms with Gasteiger partial charge in [-0.05, 0) is 33.1 Å². The van der Waals surface area contributed by atoms with Gasteiger partial charge in [0.1, 0.15) is 0 Å². The van der Waals surface area contributed by atoms with Crippen molar-refractivity contribution in [2.24, 2.45) is 5.73 Å². The first kappa shape index (κ1) is 14.4. The molecule has 0 unspecified atom stereocenters. The molecule has 0 bridgehead atoms. The maximum absolute atomic E-state index is 12.2. The average molecular weight is 214 g/mol. The fourth-order valence-electron chi connectivity index (χ4n) is 1.40. The number of carbonyl (C=O) groups excluding carboxylic acids is 1. The van der Waals surface area contributed by atoms with Crippen molar-refractivity contribution in [3.63, 3.8) is 0 Å². The Morgan fingerprint density at radius 2 is 1.53 bits per heavy atom. The number of carbonyl (C=O) groups is 1. The van der Waals surface area contributed by atoms with Crippen molar-refractivity contribution in [3.8, 4) is 0 Å². The minimum Gasteiger partial charge on any atom is -0.339 e. The monoisotopic (exact) mass is 214 g/mol. The number of nitrogens with zero attached hydrogens (tertiary/aromatic N) is 1. The molecule has 0 aromatic carbocycles. The van der Waals surface area contributed by atoms with Gasteiger partial charge in [0.2, 0.25) is 5.91 Å². The fourth-order valence-corrected chi connectivity index (χ4v) is 1.40. The van der Waals surface area contributed by atoms with E-state index in [0.717, 1.165) is 6.42 Å². The van der Waals surface area contributed by atoms with Crippen molar-refractivity contribution in [2.45, 2.75) is 65.0 Å². The second-order valence-electron chi connectivity index (χ2n) is 4.89. The highest BCUT2D eigenvalue weighted by Gasteiger charge is 2.37. The molecule has 0 spiro atoms. The zero-order valence-corrected chi connectivity index (χ0v) is 11.1. The molecule has 15 heavy (non-hydrogen) atoms. The van der Waals surface area contributed by atoms with Crippen molar-refractivity contribution in [1.29, 1.82) is 0 Å². The summed E-state index contributed by atoms with van der Waals surface area (Å²) >= 11 is 0. The Labute approximate surface area is 94.0 Å². The molecular formula is C12H26N2O. The zero-order chi connectivity index (χ0) is 12.3. The molecule has 90 valence electrons. The van der Waals surface area contributed by atoms with Crippen LogP contribution in [0.1, 0.15) is 53.9 Å². The molecule has 0 aliphatic heterocycles. The van der Waals surface area contributed by atoms with Crippen molar-refractivity contribution in [2.75, 3.05) is 7.05 Å². The van der Waals surface area contributed by atoms with Crippen molar-refractivity contribution in [1.82, 2.24) is 4.90 Å². The molecule has 0 saturated carbocycles. The van der Waals surface area contributed by atoms with Crippen LogP contribution >= 0.6 is 0 Å². The number of nitrogens with two attached hydrogens (primary N) is 1. The Balaban J connectivity index is 4.86. The van der Waals surface area contributed by atoms with E-state index in [1.165, 1.54) is 0 Å². The summed E-state index contributed by atoms with van der Waals surface area (Å²) < 4.78 is 0. The maximum Gasteiger partial charge on any atom is 0.242 e. The Morgan fingerprint density at radius 3 is 1.80 bits per heavy atom. The van der Waals surface area contributed by atoms with Gasteiger partial charge in [0.05, 0.1) is 5.54 Å². The first-order valence-corrected chi connectivity index (χ1v) is 5.82. The van der Waals surface area contributed by atoms with Crippen molar-refractivity contribution >= 4 is 5.91 Å². The predicted octanol–water partition coefficient (Wildman–Crippen LogP) is 2.15. The lowest BCUT2D eigenvalue weighted by Gasteiger charge is -2.40. The standard InChI is InChI=1S/C12H26N2O/c1-7-11(4,5)14(6)10(15)12(13,8-2)9-3/h7-9,13H2,1-6H3. The van der Waals surface area contributed by atoms with Gasteiger partial charge < -0.3 is 10.6 Å². The lowest BCUT2D eigenvalue weighted by atomic mass is 9.89. The first-order valence-electron chi connectivity index (χ1n) is 5.82. The van der Waals surface area contributed by atoms with Gasteiger partial charge in [-0.2, -0.15) is 0 Å². The van der Waals surface area contributed by atoms with Crippen LogP contribution in [0.3, 0.4) is 0 Å². The largest absolute Gasteiger partial charge is 0.339 e. The second kappa shape index (κ2) is 4.97. The predicted molar refractivity (Wildman–Crippen MR) is 64.6 cm³/mol. The molecule has 0 aromatic heterocycles. The lowest BCUT2D eigenvalue weighted by Crippen LogP contribution is -2.58. The molecule has 3 nitrogen and oxygen atoms in total. The normalized spacial score (nSPS) is 12.7. The number of hydrogen-bond donors (Lipinski definition) is 1. The van der Waals surface area contributed by atoms with Crippen LogP contribution in [0.2, 0.25) is 0 Å². The molecule has 0 aliphatic carbocycles. The number of rotatable bonds is 5. The van der Waals surface area contributed by atoms with E-state index in [9.17, 15) is 4.79 Å². The van der Waals surface area contributed by atoms with E-state index in [4.69, 9.17) is 5.73 Å². The fraction of sp³-hybridized carbons (Fsp3) is 0.917. The highest BCUT2D eigenvalue weighted by Crippen LogP contribution is 2.22. The van der Waals surface area contributed by atoms with Crippen LogP contribution < -0.4 is 5.73 Å². The van der Waals surface area contributed by atoms with Crippen LogP contribution in [-0.2, 0) is 4.79 Å². The quantitative estimate of drug-likeness (QED) is 0.762. The van der Waals surface area contributed by atoms with Crippen molar-refractivity contribution < 1.29 is 4.79 Å². The van der Waals surface area contributed by atoms with Gasteiger partial charge in [-0.3, -0.25) is 4.79 Å². The smallest absolute Gasteiger partial charge is 0.242 e. The Hall–Kier alpha value is -0.570. The molecular weight excluding hydrogens is 188 g/mol. The molecule has 0 heterocycles. The SMILES string of the molecule is CCC(N)(CC)C(=O)N(C)C(C)(C)CC. The van der Waals surface area contributed by atoms with Gasteiger partial charge >= 0.3 is 0 Å². The Bertz CT molecular complexity index is 220. The molecule has 3 heteroatoms. The van der Waals surface area contributed by atoms with Gasteiger partial charge in [-0.25, -0.2) is 0 Å². The first-order chi connectivity index (χ1) is 6.75. The number of amides is 1. The van der Waals surface area contributed by atoms with Crippen LogP contribution in [0.15, 0.2) is 0 Å². The summed E-state index contributed by atoms with van der Waals surface area (Å²) in [6.45, 7) is 10.1. The third kappa shape index (κ3) is 2.94. The molecule has 0 aromatic rings. The lowest BCUT2D eigenvalue weighted by molar-refractivity contribution is -0.141. The summed E-state index contributed by atoms with van der Waals surface area (Å²) in [7, 11) is 1.85. The minimum absolute atomic E-state index is 0.0550. The topological polar surface area (TPSA) is 46.3 Å². The molecule has 0 aliphatic rings. The molecule has 0 saturated heterocycles. The molecule has 0 rings (SSSR count). The van der Waals surface area contributed by atoms with E-state index in [1.807, 2.05) is 20.9 Å². The molecule has 1 amide bonds. The number of hydrogen-bond acceptors (Lipinski definition) is 2. The number of likely N-dealkylation sites (N-methyl/N-ethyl adjacent to an activating group) is 1. The van der Waals surface area contributed by atoms with E-state index in [1.54, 1.807) is 4.90 Å². The van der Waals surface area contributed by atoms with E-state index >= 15 is 0 Å². The molecule has 2 N–H and O–H groups in total. The van der Waals surface area contributed by atoms with Crippen molar-refractivity contribution in [3.05, 3.63) is 0 Å². The third-order valence-electron chi connectivity index (χ3n) is 3.77. The van der Waals surface area contributed by atoms with Gasteiger partial charge in [0.25, 0.3) is 0 Å². The Kier molecular flexibility index (Phi) is 4.78. The van der Waals surface area contributed by atoms with E-state index < -0.39 is 5.54 Å². The molecule has 0 fully saturated rings. The second-order valence-corrected chi connectivity index (χ2v) is 4.89. The van der Waals surface area contributed by atoms with E-state index in [2.05, 4.69) is 20.8 Å². The van der Waals surface area contributed by atoms with E-state index in [0.29, 0.717) is 12.8 Å². The highest BCUT2D eigenvalue weighted by molar-refractivity contribution is 5.86. The van der Waals surface area contributed by atoms with Crippen LogP contribution in [-0.4, -0.2) is 28.9 Å². The summed E-state index contributed by atoms with van der Waals surface area (Å²) in [6, 6.07) is 0. The third-order valence-corrected chi connectivity index (χ3v) is 3.77. The molecule has 0 radical (unpaired) electrons. The summed E-state index contributed by atoms with van der Waals surface area (Å²) in [4.78, 5) is 14.0. The maximum atomic E-state index is 12.2. The summed E-state index contributed by atoms with van der Waals surface area (Å²) in [5, 5.41) is 0. The summed E-state index contributed by atoms with van der Waals surface area (Å²) in [5.41, 5.74) is 5.29. The van der Waals surface area contributed by atoms with Gasteiger partial charge in [-0.1, -0.05) is 20.8 Å². The van der Waals surface area contributed by atoms with E-state index in [-0.39, 0.29) is 11.4 Å². The van der Waals surface area contributed by atoms with Crippen LogP contribution in [0, 0.1) is 0 Å². The van der Waals surface area contributed by atoms with Gasteiger partial charge in [0, 0.05) is 12.6 Å². The Morgan fingerprint density at radius 1 is 1.13 bits per heavy atom. The minimum atomic E-state index is -0.693. The summed E-state index contributed by atoms with van der Waals surface area (Å²) in [5.74, 6) is 0.0550.